The van der Waals surface area contributed by atoms with Gasteiger partial charge in [0.2, 0.25) is 5.91 Å². The molecule has 2 N–H and O–H groups in total. The molecule has 2 aliphatic rings. The molecule has 2 atom stereocenters. The average Bonchev–Trinajstić information content (AvgIpc) is 2.70. The summed E-state index contributed by atoms with van der Waals surface area (Å²) in [6.07, 6.45) is 1.02. The van der Waals surface area contributed by atoms with Gasteiger partial charge in [-0.1, -0.05) is 53.8 Å². The van der Waals surface area contributed by atoms with Crippen molar-refractivity contribution in [3.8, 4) is 0 Å². The minimum Gasteiger partial charge on any atom is -0.509 e. The summed E-state index contributed by atoms with van der Waals surface area (Å²) in [7, 11) is 0. The summed E-state index contributed by atoms with van der Waals surface area (Å²) in [4.78, 5) is 38.5. The van der Waals surface area contributed by atoms with E-state index in [1.165, 1.54) is 16.7 Å². The van der Waals surface area contributed by atoms with E-state index in [0.29, 0.717) is 4.43 Å². The highest BCUT2D eigenvalue weighted by molar-refractivity contribution is 14.1. The van der Waals surface area contributed by atoms with Gasteiger partial charge in [-0.2, -0.15) is 0 Å². The number of ether oxygens (including phenoxy) is 1. The van der Waals surface area contributed by atoms with E-state index in [4.69, 9.17) is 4.74 Å². The lowest BCUT2D eigenvalue weighted by Gasteiger charge is -2.48. The van der Waals surface area contributed by atoms with Crippen LogP contribution in [0.4, 0.5) is 0 Å². The Morgan fingerprint density at radius 2 is 2.07 bits per heavy atom. The lowest BCUT2D eigenvalue weighted by Crippen LogP contribution is -2.70. The van der Waals surface area contributed by atoms with Gasteiger partial charge in [-0.05, 0) is 17.5 Å². The summed E-state index contributed by atoms with van der Waals surface area (Å²) in [5.41, 5.74) is 1.92. The standard InChI is InChI=1S/C19H21IN2O5S/c1-2-11-5-3-4-6-12(11)9-14(24)21-15-17(25)22-16(19(26)27-8-7-20)13(23)10-28-18(15)22/h3-6,15,18,23H,2,7-10H2,1H3,(H,21,24)/t15?,18-/m0/s1. The Kier molecular flexibility index (Phi) is 6.86. The molecule has 0 saturated carbocycles. The molecule has 28 heavy (non-hydrogen) atoms. The first-order chi connectivity index (χ1) is 13.5. The molecule has 3 rings (SSSR count). The molecule has 2 heterocycles. The van der Waals surface area contributed by atoms with Crippen LogP contribution in [0.15, 0.2) is 35.7 Å². The molecule has 1 aromatic rings. The van der Waals surface area contributed by atoms with Crippen LogP contribution in [0.5, 0.6) is 0 Å². The van der Waals surface area contributed by atoms with Gasteiger partial charge in [-0.3, -0.25) is 14.5 Å². The van der Waals surface area contributed by atoms with Crippen LogP contribution in [-0.4, -0.2) is 56.0 Å². The Bertz CT molecular complexity index is 828. The quantitative estimate of drug-likeness (QED) is 0.249. The maximum atomic E-state index is 12.6. The molecule has 1 unspecified atom stereocenters. The number of hydrogen-bond acceptors (Lipinski definition) is 6. The van der Waals surface area contributed by atoms with Gasteiger partial charge >= 0.3 is 5.97 Å². The van der Waals surface area contributed by atoms with Crippen LogP contribution in [0.1, 0.15) is 18.1 Å². The number of aliphatic hydroxyl groups is 1. The number of aliphatic hydroxyl groups excluding tert-OH is 1. The van der Waals surface area contributed by atoms with Gasteiger partial charge in [0.1, 0.15) is 23.8 Å². The third kappa shape index (κ3) is 4.14. The monoisotopic (exact) mass is 516 g/mol. The summed E-state index contributed by atoms with van der Waals surface area (Å²) in [6, 6.07) is 6.99. The second-order valence-corrected chi connectivity index (χ2v) is 8.56. The number of halogens is 1. The number of carbonyl (C=O) groups excluding carboxylic acids is 3. The average molecular weight is 516 g/mol. The molecule has 1 aromatic carbocycles. The molecular formula is C19H21IN2O5S. The number of esters is 1. The molecule has 1 fully saturated rings. The lowest BCUT2D eigenvalue weighted by atomic mass is 10.0. The number of benzene rings is 1. The van der Waals surface area contributed by atoms with Gasteiger partial charge in [-0.25, -0.2) is 4.79 Å². The number of thioether (sulfide) groups is 1. The maximum absolute atomic E-state index is 12.6. The summed E-state index contributed by atoms with van der Waals surface area (Å²) < 4.78 is 5.68. The summed E-state index contributed by atoms with van der Waals surface area (Å²) in [5.74, 6) is -1.35. The normalized spacial score (nSPS) is 21.1. The highest BCUT2D eigenvalue weighted by atomic mass is 127. The molecule has 2 amide bonds. The third-order valence-electron chi connectivity index (χ3n) is 4.62. The van der Waals surface area contributed by atoms with Crippen LogP contribution in [0.3, 0.4) is 0 Å². The highest BCUT2D eigenvalue weighted by Gasteiger charge is 2.54. The second kappa shape index (κ2) is 9.17. The van der Waals surface area contributed by atoms with E-state index in [0.717, 1.165) is 17.5 Å². The van der Waals surface area contributed by atoms with Crippen LogP contribution in [0.25, 0.3) is 0 Å². The van der Waals surface area contributed by atoms with Gasteiger partial charge in [0.15, 0.2) is 5.70 Å². The van der Waals surface area contributed by atoms with Gasteiger partial charge in [0.25, 0.3) is 5.91 Å². The number of nitrogens with zero attached hydrogens (tertiary/aromatic N) is 1. The summed E-state index contributed by atoms with van der Waals surface area (Å²) >= 11 is 3.37. The van der Waals surface area contributed by atoms with E-state index in [-0.39, 0.29) is 36.1 Å². The number of hydrogen-bond donors (Lipinski definition) is 2. The molecule has 1 saturated heterocycles. The first kappa shape index (κ1) is 21.0. The van der Waals surface area contributed by atoms with Crippen molar-refractivity contribution in [2.24, 2.45) is 0 Å². The topological polar surface area (TPSA) is 95.9 Å². The fraction of sp³-hybridized carbons (Fsp3) is 0.421. The Balaban J connectivity index is 1.66. The van der Waals surface area contributed by atoms with E-state index < -0.39 is 23.3 Å². The minimum absolute atomic E-state index is 0.111. The van der Waals surface area contributed by atoms with E-state index in [9.17, 15) is 19.5 Å². The van der Waals surface area contributed by atoms with Crippen molar-refractivity contribution in [3.05, 3.63) is 46.8 Å². The van der Waals surface area contributed by atoms with E-state index >= 15 is 0 Å². The number of nitrogens with one attached hydrogen (secondary N) is 1. The molecule has 0 spiro atoms. The van der Waals surface area contributed by atoms with Crippen molar-refractivity contribution in [1.29, 1.82) is 0 Å². The van der Waals surface area contributed by atoms with Crippen molar-refractivity contribution < 1.29 is 24.2 Å². The van der Waals surface area contributed by atoms with Gasteiger partial charge in [0, 0.05) is 4.43 Å². The number of amides is 2. The Hall–Kier alpha value is -1.75. The van der Waals surface area contributed by atoms with Crippen molar-refractivity contribution in [2.45, 2.75) is 31.2 Å². The van der Waals surface area contributed by atoms with Gasteiger partial charge < -0.3 is 15.2 Å². The zero-order valence-corrected chi connectivity index (χ0v) is 18.3. The third-order valence-corrected chi connectivity index (χ3v) is 6.32. The molecule has 9 heteroatoms. The highest BCUT2D eigenvalue weighted by Crippen LogP contribution is 2.39. The maximum Gasteiger partial charge on any atom is 0.358 e. The molecule has 0 radical (unpaired) electrons. The van der Waals surface area contributed by atoms with E-state index in [2.05, 4.69) is 27.9 Å². The van der Waals surface area contributed by atoms with Gasteiger partial charge in [0.05, 0.1) is 12.2 Å². The molecule has 150 valence electrons. The van der Waals surface area contributed by atoms with E-state index in [1.807, 2.05) is 31.2 Å². The second-order valence-electron chi connectivity index (χ2n) is 6.37. The summed E-state index contributed by atoms with van der Waals surface area (Å²) in [5, 5.41) is 12.4. The zero-order chi connectivity index (χ0) is 20.3. The number of rotatable bonds is 7. The van der Waals surface area contributed by atoms with Crippen LogP contribution in [0.2, 0.25) is 0 Å². The Labute approximate surface area is 181 Å². The predicted octanol–water partition coefficient (Wildman–Crippen LogP) is 1.94. The van der Waals surface area contributed by atoms with Crippen molar-refractivity contribution in [1.82, 2.24) is 10.2 Å². The lowest BCUT2D eigenvalue weighted by molar-refractivity contribution is -0.153. The number of β-lactam (4-membered cyclic amide) rings is 1. The largest absolute Gasteiger partial charge is 0.509 e. The zero-order valence-electron chi connectivity index (χ0n) is 15.3. The molecule has 2 aliphatic heterocycles. The fourth-order valence-electron chi connectivity index (χ4n) is 3.27. The van der Waals surface area contributed by atoms with Crippen LogP contribution in [0, 0.1) is 0 Å². The van der Waals surface area contributed by atoms with Crippen molar-refractivity contribution >= 4 is 52.1 Å². The molecule has 0 bridgehead atoms. The van der Waals surface area contributed by atoms with Crippen LogP contribution in [-0.2, 0) is 32.0 Å². The van der Waals surface area contributed by atoms with Gasteiger partial charge in [-0.15, -0.1) is 11.8 Å². The first-order valence-electron chi connectivity index (χ1n) is 8.94. The number of carbonyl (C=O) groups is 3. The van der Waals surface area contributed by atoms with Crippen molar-refractivity contribution in [2.75, 3.05) is 16.8 Å². The molecule has 7 nitrogen and oxygen atoms in total. The molecule has 0 aromatic heterocycles. The predicted molar refractivity (Wildman–Crippen MR) is 114 cm³/mol. The first-order valence-corrected chi connectivity index (χ1v) is 11.5. The SMILES string of the molecule is CCc1ccccc1CC(=O)NC1C(=O)N2C(C(=O)OCCI)=C(O)CS[C@@H]12. The number of fused-ring (bicyclic) bond motifs is 1. The number of alkyl halides is 1. The Morgan fingerprint density at radius 3 is 2.75 bits per heavy atom. The fourth-order valence-corrected chi connectivity index (χ4v) is 4.69. The van der Waals surface area contributed by atoms with Crippen LogP contribution >= 0.6 is 34.4 Å². The van der Waals surface area contributed by atoms with Crippen LogP contribution < -0.4 is 5.32 Å². The van der Waals surface area contributed by atoms with E-state index in [1.54, 1.807) is 0 Å². The summed E-state index contributed by atoms with van der Waals surface area (Å²) in [6.45, 7) is 2.23. The number of aryl methyl sites for hydroxylation is 1. The smallest absolute Gasteiger partial charge is 0.358 e. The molecule has 0 aliphatic carbocycles. The van der Waals surface area contributed by atoms with Crippen molar-refractivity contribution in [3.63, 3.8) is 0 Å². The molecular weight excluding hydrogens is 495 g/mol. The Morgan fingerprint density at radius 1 is 1.36 bits per heavy atom. The minimum atomic E-state index is -0.716.